The number of ketones is 1. The predicted molar refractivity (Wildman–Crippen MR) is 135 cm³/mol. The summed E-state index contributed by atoms with van der Waals surface area (Å²) in [6.07, 6.45) is 0.474. The van der Waals surface area contributed by atoms with E-state index >= 15 is 0 Å². The molecule has 0 aromatic heterocycles. The van der Waals surface area contributed by atoms with Crippen molar-refractivity contribution < 1.29 is 4.79 Å². The number of rotatable bonds is 4. The van der Waals surface area contributed by atoms with Crippen LogP contribution in [0, 0.1) is 17.2 Å². The molecule has 2 heteroatoms. The summed E-state index contributed by atoms with van der Waals surface area (Å²) in [7, 11) is 0. The van der Waals surface area contributed by atoms with Crippen LogP contribution in [-0.4, -0.2) is 5.78 Å². The van der Waals surface area contributed by atoms with Crippen molar-refractivity contribution in [1.29, 1.82) is 5.26 Å². The maximum absolute atomic E-state index is 15.0. The lowest BCUT2D eigenvalue weighted by atomic mass is 9.63. The normalized spacial score (nSPS) is 25.4. The third-order valence-corrected chi connectivity index (χ3v) is 7.63. The Morgan fingerprint density at radius 1 is 0.618 bits per heavy atom. The lowest BCUT2D eigenvalue weighted by Gasteiger charge is -2.36. The molecule has 4 aromatic carbocycles. The second-order valence-electron chi connectivity index (χ2n) is 9.14. The van der Waals surface area contributed by atoms with Gasteiger partial charge in [-0.05, 0) is 39.8 Å². The molecule has 4 aromatic rings. The van der Waals surface area contributed by atoms with Gasteiger partial charge in [0.15, 0.2) is 5.78 Å². The van der Waals surface area contributed by atoms with E-state index in [1.165, 1.54) is 0 Å². The van der Waals surface area contributed by atoms with Gasteiger partial charge in [0.05, 0.1) is 22.8 Å². The molecule has 34 heavy (non-hydrogen) atoms. The van der Waals surface area contributed by atoms with Crippen molar-refractivity contribution in [2.45, 2.75) is 17.3 Å². The highest BCUT2D eigenvalue weighted by Gasteiger charge is 2.72. The van der Waals surface area contributed by atoms with Crippen molar-refractivity contribution in [3.05, 3.63) is 144 Å². The maximum atomic E-state index is 15.0. The van der Waals surface area contributed by atoms with Gasteiger partial charge < -0.3 is 0 Å². The van der Waals surface area contributed by atoms with Crippen molar-refractivity contribution in [3.8, 4) is 6.07 Å². The van der Waals surface area contributed by atoms with Gasteiger partial charge in [0.25, 0.3) is 0 Å². The Labute approximate surface area is 199 Å². The fourth-order valence-electron chi connectivity index (χ4n) is 6.37. The molecule has 0 radical (unpaired) electrons. The molecular weight excluding hydrogens is 414 g/mol. The van der Waals surface area contributed by atoms with Gasteiger partial charge in [0, 0.05) is 0 Å². The van der Waals surface area contributed by atoms with Crippen LogP contribution in [0.15, 0.2) is 121 Å². The molecule has 162 valence electrons. The average molecular weight is 438 g/mol. The topological polar surface area (TPSA) is 40.9 Å². The van der Waals surface area contributed by atoms with Crippen LogP contribution in [-0.2, 0) is 15.6 Å². The highest BCUT2D eigenvalue weighted by atomic mass is 16.1. The number of hydrogen-bond acceptors (Lipinski definition) is 2. The first-order chi connectivity index (χ1) is 16.7. The van der Waals surface area contributed by atoms with E-state index in [0.29, 0.717) is 6.42 Å². The smallest absolute Gasteiger partial charge is 0.164 e. The van der Waals surface area contributed by atoms with Crippen LogP contribution in [0.25, 0.3) is 11.1 Å². The summed E-state index contributed by atoms with van der Waals surface area (Å²) in [5, 5.41) is 10.5. The zero-order chi connectivity index (χ0) is 23.2. The number of carbonyl (C=O) groups is 1. The molecule has 0 amide bonds. The zero-order valence-electron chi connectivity index (χ0n) is 18.7. The monoisotopic (exact) mass is 437 g/mol. The van der Waals surface area contributed by atoms with Crippen molar-refractivity contribution in [2.75, 3.05) is 0 Å². The number of benzene rings is 4. The highest BCUT2D eigenvalue weighted by molar-refractivity contribution is 6.29. The first kappa shape index (κ1) is 20.4. The Kier molecular flexibility index (Phi) is 4.61. The molecule has 3 atom stereocenters. The summed E-state index contributed by atoms with van der Waals surface area (Å²) >= 11 is 0. The van der Waals surface area contributed by atoms with Crippen LogP contribution in [0.2, 0.25) is 0 Å². The number of hydrogen-bond donors (Lipinski definition) is 0. The molecule has 0 aliphatic heterocycles. The Balaban J connectivity index is 1.82. The fraction of sp³-hybridized carbons (Fsp3) is 0.125. The SMILES string of the molecule is N#C[C@H]1C[C@]2(c3ccccc3)C(=O)[C@]1(c1ccccc1)C(c1ccccc1)=C2c1ccccc1. The van der Waals surface area contributed by atoms with Crippen LogP contribution in [0.3, 0.4) is 0 Å². The molecule has 1 fully saturated rings. The number of fused-ring (bicyclic) bond motifs is 2. The minimum absolute atomic E-state index is 0.113. The van der Waals surface area contributed by atoms with E-state index in [1.54, 1.807) is 0 Å². The summed E-state index contributed by atoms with van der Waals surface area (Å²) < 4.78 is 0. The molecule has 0 N–H and O–H groups in total. The van der Waals surface area contributed by atoms with Crippen LogP contribution in [0.1, 0.15) is 28.7 Å². The zero-order valence-corrected chi connectivity index (χ0v) is 18.7. The highest BCUT2D eigenvalue weighted by Crippen LogP contribution is 2.70. The van der Waals surface area contributed by atoms with Gasteiger partial charge in [-0.3, -0.25) is 4.79 Å². The second-order valence-corrected chi connectivity index (χ2v) is 9.14. The molecule has 0 heterocycles. The first-order valence-corrected chi connectivity index (χ1v) is 11.7. The van der Waals surface area contributed by atoms with E-state index in [-0.39, 0.29) is 5.78 Å². The van der Waals surface area contributed by atoms with Crippen molar-refractivity contribution in [3.63, 3.8) is 0 Å². The molecule has 0 spiro atoms. The van der Waals surface area contributed by atoms with Crippen LogP contribution < -0.4 is 0 Å². The van der Waals surface area contributed by atoms with Crippen LogP contribution >= 0.6 is 0 Å². The van der Waals surface area contributed by atoms with Gasteiger partial charge in [-0.15, -0.1) is 0 Å². The van der Waals surface area contributed by atoms with E-state index in [9.17, 15) is 10.1 Å². The maximum Gasteiger partial charge on any atom is 0.164 e. The van der Waals surface area contributed by atoms with E-state index < -0.39 is 16.7 Å². The van der Waals surface area contributed by atoms with Gasteiger partial charge in [0.1, 0.15) is 0 Å². The predicted octanol–water partition coefficient (Wildman–Crippen LogP) is 6.60. The molecule has 2 aliphatic rings. The Bertz CT molecular complexity index is 1430. The van der Waals surface area contributed by atoms with E-state index in [4.69, 9.17) is 0 Å². The van der Waals surface area contributed by atoms with Gasteiger partial charge in [-0.2, -0.15) is 5.26 Å². The largest absolute Gasteiger partial charge is 0.297 e. The number of allylic oxidation sites excluding steroid dienone is 2. The summed E-state index contributed by atoms with van der Waals surface area (Å²) in [6, 6.07) is 43.0. The third kappa shape index (κ3) is 2.53. The van der Waals surface area contributed by atoms with Gasteiger partial charge >= 0.3 is 0 Å². The quantitative estimate of drug-likeness (QED) is 0.361. The molecule has 0 unspecified atom stereocenters. The molecule has 2 aliphatic carbocycles. The number of nitriles is 1. The fourth-order valence-corrected chi connectivity index (χ4v) is 6.37. The summed E-state index contributed by atoms with van der Waals surface area (Å²) in [6.45, 7) is 0. The van der Waals surface area contributed by atoms with E-state index in [1.807, 2.05) is 97.1 Å². The molecular formula is C32H23NO. The number of carbonyl (C=O) groups excluding carboxylic acids is 1. The standard InChI is InChI=1S/C32H23NO/c33-22-27-21-31(25-17-9-3-10-18-25)28(23-13-5-1-6-14-23)29(24-15-7-2-8-16-24)32(27,30(31)34)26-19-11-4-12-20-26/h1-20,27H,21H2/t27-,31-,32+/m1/s1. The van der Waals surface area contributed by atoms with Gasteiger partial charge in [0.2, 0.25) is 0 Å². The van der Waals surface area contributed by atoms with Crippen LogP contribution in [0.5, 0.6) is 0 Å². The van der Waals surface area contributed by atoms with Gasteiger partial charge in [-0.25, -0.2) is 0 Å². The summed E-state index contributed by atoms with van der Waals surface area (Å²) in [4.78, 5) is 15.0. The van der Waals surface area contributed by atoms with Crippen molar-refractivity contribution in [1.82, 2.24) is 0 Å². The van der Waals surface area contributed by atoms with Gasteiger partial charge in [-0.1, -0.05) is 121 Å². The molecule has 1 saturated carbocycles. The number of Topliss-reactive ketones (excluding diaryl/α,β-unsaturated/α-hetero) is 1. The van der Waals surface area contributed by atoms with E-state index in [0.717, 1.165) is 33.4 Å². The van der Waals surface area contributed by atoms with E-state index in [2.05, 4.69) is 30.3 Å². The number of nitrogens with zero attached hydrogens (tertiary/aromatic N) is 1. The molecule has 2 nitrogen and oxygen atoms in total. The second kappa shape index (κ2) is 7.68. The van der Waals surface area contributed by atoms with Crippen LogP contribution in [0.4, 0.5) is 0 Å². The summed E-state index contributed by atoms with van der Waals surface area (Å²) in [5.41, 5.74) is 3.98. The molecule has 2 bridgehead atoms. The van der Waals surface area contributed by atoms with Crippen molar-refractivity contribution in [2.24, 2.45) is 5.92 Å². The summed E-state index contributed by atoms with van der Waals surface area (Å²) in [5.74, 6) is -0.355. The first-order valence-electron chi connectivity index (χ1n) is 11.7. The third-order valence-electron chi connectivity index (χ3n) is 7.63. The van der Waals surface area contributed by atoms with Crippen molar-refractivity contribution >= 4 is 16.9 Å². The minimum atomic E-state index is -1.03. The molecule has 0 saturated heterocycles. The minimum Gasteiger partial charge on any atom is -0.297 e. The lowest BCUT2D eigenvalue weighted by molar-refractivity contribution is -0.123. The molecule has 6 rings (SSSR count). The Morgan fingerprint density at radius 2 is 1.06 bits per heavy atom. The lowest BCUT2D eigenvalue weighted by Crippen LogP contribution is -2.38. The average Bonchev–Trinajstić information content (AvgIpc) is 3.32. The Morgan fingerprint density at radius 3 is 1.56 bits per heavy atom. The Hall–Kier alpha value is -4.22.